The number of hydrogen-bond donors (Lipinski definition) is 2. The Morgan fingerprint density at radius 2 is 2.00 bits per heavy atom. The summed E-state index contributed by atoms with van der Waals surface area (Å²) in [5, 5.41) is 5.44. The monoisotopic (exact) mass is 272 g/mol. The number of nitrogens with one attached hydrogen (secondary N) is 2. The first kappa shape index (κ1) is 13.8. The predicted molar refractivity (Wildman–Crippen MR) is 75.6 cm³/mol. The lowest BCUT2D eigenvalue weighted by molar-refractivity contribution is 0.249. The van der Waals surface area contributed by atoms with E-state index in [9.17, 15) is 4.79 Å². The van der Waals surface area contributed by atoms with Gasteiger partial charge in [-0.05, 0) is 24.6 Å². The Bertz CT molecular complexity index is 557. The average molecular weight is 272 g/mol. The second-order valence-corrected chi connectivity index (χ2v) is 4.18. The Kier molecular flexibility index (Phi) is 4.49. The number of carbonyl (C=O) groups excluding carboxylic acids is 1. The number of ether oxygens (including phenoxy) is 1. The van der Waals surface area contributed by atoms with Crippen LogP contribution < -0.4 is 15.4 Å². The molecule has 1 heterocycles. The fourth-order valence-corrected chi connectivity index (χ4v) is 1.69. The van der Waals surface area contributed by atoms with Gasteiger partial charge >= 0.3 is 6.03 Å². The van der Waals surface area contributed by atoms with E-state index in [0.29, 0.717) is 5.82 Å². The molecule has 2 aromatic rings. The minimum Gasteiger partial charge on any atom is -0.497 e. The first-order valence-electron chi connectivity index (χ1n) is 6.16. The standard InChI is InChI=1S/C14H16N4O2/c1-10(11-3-5-12(20-2)6-4-11)17-14(19)18-13-9-15-7-8-16-13/h3-10H,1-2H3,(H2,16,17,18,19). The molecule has 6 heteroatoms. The van der Waals surface area contributed by atoms with Gasteiger partial charge < -0.3 is 10.1 Å². The van der Waals surface area contributed by atoms with Crippen molar-refractivity contribution >= 4 is 11.8 Å². The third-order valence-corrected chi connectivity index (χ3v) is 2.77. The van der Waals surface area contributed by atoms with Crippen LogP contribution in [0.2, 0.25) is 0 Å². The van der Waals surface area contributed by atoms with Gasteiger partial charge in [-0.3, -0.25) is 10.3 Å². The fraction of sp³-hybridized carbons (Fsp3) is 0.214. The highest BCUT2D eigenvalue weighted by molar-refractivity contribution is 5.88. The van der Waals surface area contributed by atoms with Gasteiger partial charge in [0.2, 0.25) is 0 Å². The van der Waals surface area contributed by atoms with Crippen molar-refractivity contribution in [2.75, 3.05) is 12.4 Å². The Labute approximate surface area is 117 Å². The Morgan fingerprint density at radius 3 is 2.60 bits per heavy atom. The SMILES string of the molecule is COc1ccc(C(C)NC(=O)Nc2cnccn2)cc1. The number of benzene rings is 1. The van der Waals surface area contributed by atoms with Crippen LogP contribution in [0.25, 0.3) is 0 Å². The first-order chi connectivity index (χ1) is 9.69. The molecule has 0 spiro atoms. The number of hydrogen-bond acceptors (Lipinski definition) is 4. The first-order valence-corrected chi connectivity index (χ1v) is 6.16. The molecule has 0 aliphatic carbocycles. The van der Waals surface area contributed by atoms with Gasteiger partial charge in [0.1, 0.15) is 5.75 Å². The van der Waals surface area contributed by atoms with Gasteiger partial charge in [0.05, 0.1) is 19.3 Å². The smallest absolute Gasteiger partial charge is 0.320 e. The van der Waals surface area contributed by atoms with Crippen molar-refractivity contribution in [2.45, 2.75) is 13.0 Å². The van der Waals surface area contributed by atoms with Gasteiger partial charge in [-0.2, -0.15) is 0 Å². The van der Waals surface area contributed by atoms with E-state index in [1.54, 1.807) is 13.3 Å². The number of urea groups is 1. The zero-order valence-corrected chi connectivity index (χ0v) is 11.3. The Morgan fingerprint density at radius 1 is 1.25 bits per heavy atom. The summed E-state index contributed by atoms with van der Waals surface area (Å²) in [5.74, 6) is 1.19. The summed E-state index contributed by atoms with van der Waals surface area (Å²) in [4.78, 5) is 19.7. The summed E-state index contributed by atoms with van der Waals surface area (Å²) in [5.41, 5.74) is 0.986. The van der Waals surface area contributed by atoms with E-state index in [-0.39, 0.29) is 12.1 Å². The summed E-state index contributed by atoms with van der Waals surface area (Å²) in [6.45, 7) is 1.90. The molecular formula is C14H16N4O2. The van der Waals surface area contributed by atoms with Gasteiger partial charge in [-0.15, -0.1) is 0 Å². The minimum atomic E-state index is -0.325. The molecule has 0 aliphatic heterocycles. The fourth-order valence-electron chi connectivity index (χ4n) is 1.69. The maximum Gasteiger partial charge on any atom is 0.320 e. The number of nitrogens with zero attached hydrogens (tertiary/aromatic N) is 2. The highest BCUT2D eigenvalue weighted by atomic mass is 16.5. The van der Waals surface area contributed by atoms with Crippen molar-refractivity contribution in [1.82, 2.24) is 15.3 Å². The maximum atomic E-state index is 11.8. The second-order valence-electron chi connectivity index (χ2n) is 4.18. The molecule has 0 fully saturated rings. The molecule has 1 atom stereocenters. The molecule has 0 bridgehead atoms. The lowest BCUT2D eigenvalue weighted by Gasteiger charge is -2.15. The van der Waals surface area contributed by atoms with Crippen LogP contribution in [0.5, 0.6) is 5.75 Å². The molecule has 2 amide bonds. The minimum absolute atomic E-state index is 0.127. The number of aromatic nitrogens is 2. The van der Waals surface area contributed by atoms with Gasteiger partial charge in [0, 0.05) is 12.4 Å². The molecule has 20 heavy (non-hydrogen) atoms. The molecule has 0 radical (unpaired) electrons. The lowest BCUT2D eigenvalue weighted by Crippen LogP contribution is -2.31. The summed E-state index contributed by atoms with van der Waals surface area (Å²) in [6.07, 6.45) is 4.54. The molecule has 1 aromatic carbocycles. The van der Waals surface area contributed by atoms with Crippen molar-refractivity contribution in [2.24, 2.45) is 0 Å². The maximum absolute atomic E-state index is 11.8. The van der Waals surface area contributed by atoms with Crippen LogP contribution in [0.1, 0.15) is 18.5 Å². The number of methoxy groups -OCH3 is 1. The van der Waals surface area contributed by atoms with E-state index in [2.05, 4.69) is 20.6 Å². The quantitative estimate of drug-likeness (QED) is 0.895. The van der Waals surface area contributed by atoms with Crippen molar-refractivity contribution in [3.05, 3.63) is 48.4 Å². The van der Waals surface area contributed by atoms with E-state index in [1.807, 2.05) is 31.2 Å². The summed E-state index contributed by atoms with van der Waals surface area (Å²) < 4.78 is 5.09. The second kappa shape index (κ2) is 6.51. The molecule has 2 rings (SSSR count). The van der Waals surface area contributed by atoms with E-state index in [1.165, 1.54) is 12.4 Å². The Balaban J connectivity index is 1.93. The van der Waals surface area contributed by atoms with Crippen LogP contribution in [0, 0.1) is 0 Å². The van der Waals surface area contributed by atoms with E-state index in [4.69, 9.17) is 4.74 Å². The van der Waals surface area contributed by atoms with Crippen LogP contribution in [0.4, 0.5) is 10.6 Å². The highest BCUT2D eigenvalue weighted by Crippen LogP contribution is 2.17. The number of carbonyl (C=O) groups is 1. The Hall–Kier alpha value is -2.63. The largest absolute Gasteiger partial charge is 0.497 e. The van der Waals surface area contributed by atoms with Crippen LogP contribution in [-0.2, 0) is 0 Å². The lowest BCUT2D eigenvalue weighted by atomic mass is 10.1. The third kappa shape index (κ3) is 3.68. The zero-order valence-electron chi connectivity index (χ0n) is 11.3. The molecule has 6 nitrogen and oxygen atoms in total. The van der Waals surface area contributed by atoms with Gasteiger partial charge in [0.15, 0.2) is 5.82 Å². The summed E-state index contributed by atoms with van der Waals surface area (Å²) >= 11 is 0. The third-order valence-electron chi connectivity index (χ3n) is 2.77. The molecule has 2 N–H and O–H groups in total. The molecule has 1 unspecified atom stereocenters. The van der Waals surface area contributed by atoms with Crippen molar-refractivity contribution in [3.8, 4) is 5.75 Å². The van der Waals surface area contributed by atoms with Crippen molar-refractivity contribution in [1.29, 1.82) is 0 Å². The van der Waals surface area contributed by atoms with Gasteiger partial charge in [-0.1, -0.05) is 12.1 Å². The van der Waals surface area contributed by atoms with E-state index < -0.39 is 0 Å². The van der Waals surface area contributed by atoms with Crippen molar-refractivity contribution in [3.63, 3.8) is 0 Å². The molecule has 0 saturated heterocycles. The van der Waals surface area contributed by atoms with E-state index in [0.717, 1.165) is 11.3 Å². The number of anilines is 1. The van der Waals surface area contributed by atoms with E-state index >= 15 is 0 Å². The average Bonchev–Trinajstić information content (AvgIpc) is 2.48. The van der Waals surface area contributed by atoms with Gasteiger partial charge in [-0.25, -0.2) is 9.78 Å². The summed E-state index contributed by atoms with van der Waals surface area (Å²) in [7, 11) is 1.62. The normalized spacial score (nSPS) is 11.5. The van der Waals surface area contributed by atoms with Crippen LogP contribution in [0.15, 0.2) is 42.9 Å². The predicted octanol–water partition coefficient (Wildman–Crippen LogP) is 2.37. The molecule has 1 aromatic heterocycles. The molecule has 0 saturated carbocycles. The number of rotatable bonds is 4. The zero-order chi connectivity index (χ0) is 14.4. The van der Waals surface area contributed by atoms with Crippen molar-refractivity contribution < 1.29 is 9.53 Å². The van der Waals surface area contributed by atoms with Crippen LogP contribution >= 0.6 is 0 Å². The van der Waals surface area contributed by atoms with Crippen LogP contribution in [-0.4, -0.2) is 23.1 Å². The number of amides is 2. The topological polar surface area (TPSA) is 76.1 Å². The van der Waals surface area contributed by atoms with Crippen LogP contribution in [0.3, 0.4) is 0 Å². The molecular weight excluding hydrogens is 256 g/mol. The molecule has 104 valence electrons. The highest BCUT2D eigenvalue weighted by Gasteiger charge is 2.10. The molecule has 0 aliphatic rings. The van der Waals surface area contributed by atoms with Gasteiger partial charge in [0.25, 0.3) is 0 Å². The summed E-state index contributed by atoms with van der Waals surface area (Å²) in [6, 6.07) is 7.08.